The average molecular weight is 224 g/mol. The summed E-state index contributed by atoms with van der Waals surface area (Å²) in [6.45, 7) is 6.36. The number of carbonyl (C=O) groups excluding carboxylic acids is 1. The summed E-state index contributed by atoms with van der Waals surface area (Å²) in [5, 5.41) is 3.41. The normalized spacial score (nSPS) is 36.1. The molecule has 2 rings (SSSR count). The Hall–Kier alpha value is -0.570. The molecule has 0 saturated carbocycles. The lowest BCUT2D eigenvalue weighted by molar-refractivity contribution is -0.140. The van der Waals surface area contributed by atoms with Gasteiger partial charge < -0.3 is 10.2 Å². The zero-order valence-electron chi connectivity index (χ0n) is 10.5. The van der Waals surface area contributed by atoms with E-state index < -0.39 is 0 Å². The van der Waals surface area contributed by atoms with Gasteiger partial charge in [-0.3, -0.25) is 4.79 Å². The lowest BCUT2D eigenvalue weighted by Gasteiger charge is -2.38. The minimum Gasteiger partial charge on any atom is -0.340 e. The zero-order valence-corrected chi connectivity index (χ0v) is 10.5. The largest absolute Gasteiger partial charge is 0.340 e. The summed E-state index contributed by atoms with van der Waals surface area (Å²) < 4.78 is 0. The van der Waals surface area contributed by atoms with E-state index >= 15 is 0 Å². The third-order valence-electron chi connectivity index (χ3n) is 4.06. The van der Waals surface area contributed by atoms with Crippen LogP contribution in [0.25, 0.3) is 0 Å². The van der Waals surface area contributed by atoms with Crippen molar-refractivity contribution in [3.05, 3.63) is 0 Å². The Kier molecular flexibility index (Phi) is 3.85. The summed E-state index contributed by atoms with van der Waals surface area (Å²) in [6, 6.07) is 0.967. The van der Waals surface area contributed by atoms with Gasteiger partial charge in [0, 0.05) is 24.5 Å². The molecule has 0 spiro atoms. The number of likely N-dealkylation sites (tertiary alicyclic amines) is 1. The van der Waals surface area contributed by atoms with Gasteiger partial charge in [-0.25, -0.2) is 0 Å². The number of nitrogens with zero attached hydrogens (tertiary/aromatic N) is 1. The van der Waals surface area contributed by atoms with Gasteiger partial charge in [-0.05, 0) is 52.5 Å². The smallest absolute Gasteiger partial charge is 0.226 e. The number of rotatable bonds is 1. The molecule has 1 unspecified atom stereocenters. The zero-order chi connectivity index (χ0) is 11.5. The fraction of sp³-hybridized carbons (Fsp3) is 0.923. The van der Waals surface area contributed by atoms with Crippen molar-refractivity contribution in [3.63, 3.8) is 0 Å². The first-order valence-corrected chi connectivity index (χ1v) is 6.72. The maximum absolute atomic E-state index is 12.4. The van der Waals surface area contributed by atoms with Crippen LogP contribution in [-0.4, -0.2) is 36.0 Å². The fourth-order valence-corrected chi connectivity index (χ4v) is 3.02. The SMILES string of the molecule is CC1CCCCN1C(=O)[C@H]1CCN[C@@H](C)C1. The van der Waals surface area contributed by atoms with Crippen LogP contribution in [0.1, 0.15) is 46.0 Å². The number of carbonyl (C=O) groups is 1. The molecule has 0 aliphatic carbocycles. The highest BCUT2D eigenvalue weighted by molar-refractivity contribution is 5.79. The number of nitrogens with one attached hydrogen (secondary N) is 1. The van der Waals surface area contributed by atoms with Crippen LogP contribution in [-0.2, 0) is 4.79 Å². The van der Waals surface area contributed by atoms with E-state index in [0.717, 1.165) is 25.9 Å². The lowest BCUT2D eigenvalue weighted by atomic mass is 9.90. The van der Waals surface area contributed by atoms with Crippen molar-refractivity contribution in [2.24, 2.45) is 5.92 Å². The molecule has 2 heterocycles. The van der Waals surface area contributed by atoms with Gasteiger partial charge in [-0.1, -0.05) is 0 Å². The van der Waals surface area contributed by atoms with Crippen LogP contribution < -0.4 is 5.32 Å². The van der Waals surface area contributed by atoms with E-state index in [1.165, 1.54) is 19.3 Å². The number of piperidine rings is 2. The molecule has 16 heavy (non-hydrogen) atoms. The summed E-state index contributed by atoms with van der Waals surface area (Å²) in [6.07, 6.45) is 5.70. The second-order valence-corrected chi connectivity index (χ2v) is 5.45. The topological polar surface area (TPSA) is 32.3 Å². The molecule has 3 atom stereocenters. The van der Waals surface area contributed by atoms with Crippen LogP contribution in [0.4, 0.5) is 0 Å². The Morgan fingerprint density at radius 1 is 1.25 bits per heavy atom. The van der Waals surface area contributed by atoms with Gasteiger partial charge >= 0.3 is 0 Å². The van der Waals surface area contributed by atoms with Crippen LogP contribution in [0.3, 0.4) is 0 Å². The minimum absolute atomic E-state index is 0.275. The molecule has 2 aliphatic rings. The number of amides is 1. The third kappa shape index (κ3) is 2.57. The Morgan fingerprint density at radius 3 is 2.75 bits per heavy atom. The van der Waals surface area contributed by atoms with Crippen LogP contribution >= 0.6 is 0 Å². The standard InChI is InChI=1S/C13H24N2O/c1-10-9-12(6-7-14-10)13(16)15-8-4-3-5-11(15)2/h10-12,14H,3-9H2,1-2H3/t10-,11?,12-/m0/s1. The van der Waals surface area contributed by atoms with Crippen molar-refractivity contribution >= 4 is 5.91 Å². The molecular formula is C13H24N2O. The van der Waals surface area contributed by atoms with Crippen molar-refractivity contribution < 1.29 is 4.79 Å². The molecule has 92 valence electrons. The van der Waals surface area contributed by atoms with Gasteiger partial charge in [0.05, 0.1) is 0 Å². The molecule has 0 bridgehead atoms. The van der Waals surface area contributed by atoms with Gasteiger partial charge in [0.1, 0.15) is 0 Å². The summed E-state index contributed by atoms with van der Waals surface area (Å²) in [5.41, 5.74) is 0. The summed E-state index contributed by atoms with van der Waals surface area (Å²) in [7, 11) is 0. The lowest BCUT2D eigenvalue weighted by Crippen LogP contribution is -2.48. The highest BCUT2D eigenvalue weighted by atomic mass is 16.2. The fourth-order valence-electron chi connectivity index (χ4n) is 3.02. The van der Waals surface area contributed by atoms with Gasteiger partial charge in [0.2, 0.25) is 5.91 Å². The van der Waals surface area contributed by atoms with Crippen molar-refractivity contribution in [1.29, 1.82) is 0 Å². The maximum Gasteiger partial charge on any atom is 0.226 e. The first kappa shape index (κ1) is 11.9. The summed E-state index contributed by atoms with van der Waals surface area (Å²) >= 11 is 0. The van der Waals surface area contributed by atoms with Gasteiger partial charge in [-0.2, -0.15) is 0 Å². The first-order valence-electron chi connectivity index (χ1n) is 6.72. The molecule has 3 heteroatoms. The predicted molar refractivity (Wildman–Crippen MR) is 65.2 cm³/mol. The van der Waals surface area contributed by atoms with Gasteiger partial charge in [0.25, 0.3) is 0 Å². The quantitative estimate of drug-likeness (QED) is 0.736. The van der Waals surface area contributed by atoms with Crippen molar-refractivity contribution in [2.45, 2.75) is 58.0 Å². The monoisotopic (exact) mass is 224 g/mol. The van der Waals surface area contributed by atoms with Crippen molar-refractivity contribution in [1.82, 2.24) is 10.2 Å². The van der Waals surface area contributed by atoms with Crippen LogP contribution in [0.15, 0.2) is 0 Å². The van der Waals surface area contributed by atoms with Crippen molar-refractivity contribution in [2.75, 3.05) is 13.1 Å². The first-order chi connectivity index (χ1) is 7.68. The molecule has 0 aromatic carbocycles. The molecule has 1 N–H and O–H groups in total. The predicted octanol–water partition coefficient (Wildman–Crippen LogP) is 1.78. The van der Waals surface area contributed by atoms with Crippen LogP contribution in [0, 0.1) is 5.92 Å². The van der Waals surface area contributed by atoms with E-state index in [1.54, 1.807) is 0 Å². The summed E-state index contributed by atoms with van der Waals surface area (Å²) in [4.78, 5) is 14.5. The molecule has 2 saturated heterocycles. The highest BCUT2D eigenvalue weighted by Gasteiger charge is 2.31. The molecule has 2 aliphatic heterocycles. The average Bonchev–Trinajstić information content (AvgIpc) is 2.29. The molecule has 1 amide bonds. The number of hydrogen-bond donors (Lipinski definition) is 1. The molecule has 3 nitrogen and oxygen atoms in total. The van der Waals surface area contributed by atoms with Gasteiger partial charge in [-0.15, -0.1) is 0 Å². The van der Waals surface area contributed by atoms with E-state index in [2.05, 4.69) is 24.1 Å². The van der Waals surface area contributed by atoms with Crippen LogP contribution in [0.5, 0.6) is 0 Å². The second kappa shape index (κ2) is 5.17. The molecule has 0 aromatic heterocycles. The van der Waals surface area contributed by atoms with E-state index in [1.807, 2.05) is 0 Å². The minimum atomic E-state index is 0.275. The van der Waals surface area contributed by atoms with E-state index in [0.29, 0.717) is 18.0 Å². The third-order valence-corrected chi connectivity index (χ3v) is 4.06. The van der Waals surface area contributed by atoms with Crippen molar-refractivity contribution in [3.8, 4) is 0 Å². The highest BCUT2D eigenvalue weighted by Crippen LogP contribution is 2.24. The second-order valence-electron chi connectivity index (χ2n) is 5.45. The van der Waals surface area contributed by atoms with E-state index in [4.69, 9.17) is 0 Å². The Morgan fingerprint density at radius 2 is 2.06 bits per heavy atom. The Balaban J connectivity index is 1.94. The molecule has 2 fully saturated rings. The Bertz CT molecular complexity index is 254. The van der Waals surface area contributed by atoms with E-state index in [-0.39, 0.29) is 5.92 Å². The van der Waals surface area contributed by atoms with E-state index in [9.17, 15) is 4.79 Å². The number of hydrogen-bond acceptors (Lipinski definition) is 2. The summed E-state index contributed by atoms with van der Waals surface area (Å²) in [5.74, 6) is 0.692. The van der Waals surface area contributed by atoms with Crippen LogP contribution in [0.2, 0.25) is 0 Å². The molecule has 0 radical (unpaired) electrons. The maximum atomic E-state index is 12.4. The molecule has 0 aromatic rings. The Labute approximate surface area is 98.6 Å². The molecular weight excluding hydrogens is 200 g/mol. The van der Waals surface area contributed by atoms with Gasteiger partial charge in [0.15, 0.2) is 0 Å².